The molecule has 0 fully saturated rings. The van der Waals surface area contributed by atoms with Crippen LogP contribution in [0, 0.1) is 0 Å². The number of ketones is 2. The molecule has 0 saturated heterocycles. The second-order valence-corrected chi connectivity index (χ2v) is 7.36. The van der Waals surface area contributed by atoms with Crippen LogP contribution in [0.2, 0.25) is 0 Å². The highest BCUT2D eigenvalue weighted by atomic mass is 16.4. The molecule has 2 N–H and O–H groups in total. The number of aliphatic carboxylic acids is 1. The Bertz CT molecular complexity index is 983. The first-order valence-corrected chi connectivity index (χ1v) is 10.1. The molecule has 0 aliphatic heterocycles. The van der Waals surface area contributed by atoms with Crippen LogP contribution in [0.5, 0.6) is 0 Å². The molecule has 0 unspecified atom stereocenters. The highest BCUT2D eigenvalue weighted by Gasteiger charge is 2.29. The van der Waals surface area contributed by atoms with E-state index in [0.717, 1.165) is 0 Å². The number of allylic oxidation sites excluding steroid dienone is 5. The number of rotatable bonds is 11. The molecule has 0 heterocycles. The Labute approximate surface area is 182 Å². The van der Waals surface area contributed by atoms with Crippen molar-refractivity contribution in [2.75, 3.05) is 0 Å². The number of hydrogen-bond acceptors (Lipinski definition) is 4. The molecule has 1 aromatic rings. The highest BCUT2D eigenvalue weighted by molar-refractivity contribution is 6.26. The number of carbonyl (C=O) groups excluding carboxylic acids is 3. The van der Waals surface area contributed by atoms with Gasteiger partial charge in [-0.1, -0.05) is 55.7 Å². The second kappa shape index (κ2) is 11.0. The first-order chi connectivity index (χ1) is 14.8. The first-order valence-electron chi connectivity index (χ1n) is 10.1. The van der Waals surface area contributed by atoms with Gasteiger partial charge in [0.25, 0.3) is 0 Å². The van der Waals surface area contributed by atoms with E-state index in [1.165, 1.54) is 12.2 Å². The van der Waals surface area contributed by atoms with Gasteiger partial charge in [0.2, 0.25) is 5.91 Å². The molecule has 1 aliphatic carbocycles. The van der Waals surface area contributed by atoms with E-state index < -0.39 is 12.0 Å². The number of amides is 1. The zero-order chi connectivity index (χ0) is 23.0. The molecule has 162 valence electrons. The van der Waals surface area contributed by atoms with Crippen LogP contribution in [0.15, 0.2) is 72.4 Å². The number of fused-ring (bicyclic) bond motifs is 1. The summed E-state index contributed by atoms with van der Waals surface area (Å²) in [4.78, 5) is 48.9. The van der Waals surface area contributed by atoms with Gasteiger partial charge >= 0.3 is 5.97 Å². The Kier molecular flexibility index (Phi) is 8.43. The van der Waals surface area contributed by atoms with Crippen LogP contribution < -0.4 is 5.32 Å². The standard InChI is InChI=1S/C25H27NO5/c1-4-10-17(5-2)15-21(25(30)31)26-22(27)14-9-8-11-18-16(3)23(28)19-12-6-7-13-20(19)24(18)29/h4-7,10,12-13,21H,1-2,8-9,11,14-15H2,3H3,(H,26,27)(H,30,31)/b17-10+/t21-/m0/s1. The van der Waals surface area contributed by atoms with Crippen LogP contribution in [-0.4, -0.2) is 34.6 Å². The molecule has 0 bridgehead atoms. The smallest absolute Gasteiger partial charge is 0.326 e. The number of carboxylic acid groups (broad SMARTS) is 1. The van der Waals surface area contributed by atoms with Crippen LogP contribution in [0.1, 0.15) is 59.7 Å². The third kappa shape index (κ3) is 5.98. The third-order valence-corrected chi connectivity index (χ3v) is 5.23. The predicted molar refractivity (Wildman–Crippen MR) is 119 cm³/mol. The maximum atomic E-state index is 12.7. The molecule has 1 amide bonds. The Morgan fingerprint density at radius 3 is 2.32 bits per heavy atom. The average Bonchev–Trinajstić information content (AvgIpc) is 2.75. The largest absolute Gasteiger partial charge is 0.480 e. The summed E-state index contributed by atoms with van der Waals surface area (Å²) in [7, 11) is 0. The molecule has 6 nitrogen and oxygen atoms in total. The van der Waals surface area contributed by atoms with Crippen molar-refractivity contribution in [2.24, 2.45) is 0 Å². The summed E-state index contributed by atoms with van der Waals surface area (Å²) in [5.41, 5.74) is 2.44. The minimum absolute atomic E-state index is 0.110. The number of nitrogens with one attached hydrogen (secondary N) is 1. The van der Waals surface area contributed by atoms with Crippen LogP contribution in [0.3, 0.4) is 0 Å². The second-order valence-electron chi connectivity index (χ2n) is 7.36. The number of benzene rings is 1. The summed E-state index contributed by atoms with van der Waals surface area (Å²) in [5, 5.41) is 11.9. The van der Waals surface area contributed by atoms with Gasteiger partial charge < -0.3 is 10.4 Å². The van der Waals surface area contributed by atoms with Crippen molar-refractivity contribution in [3.05, 3.63) is 83.5 Å². The quantitative estimate of drug-likeness (QED) is 0.412. The normalized spacial score (nSPS) is 14.7. The molecular weight excluding hydrogens is 394 g/mol. The van der Waals surface area contributed by atoms with E-state index in [2.05, 4.69) is 18.5 Å². The van der Waals surface area contributed by atoms with E-state index in [4.69, 9.17) is 0 Å². The molecule has 1 aliphatic rings. The monoisotopic (exact) mass is 421 g/mol. The summed E-state index contributed by atoms with van der Waals surface area (Å²) in [6.07, 6.45) is 6.34. The lowest BCUT2D eigenvalue weighted by Crippen LogP contribution is -2.40. The molecule has 0 radical (unpaired) electrons. The molecule has 0 aromatic heterocycles. The summed E-state index contributed by atoms with van der Waals surface area (Å²) < 4.78 is 0. The maximum Gasteiger partial charge on any atom is 0.326 e. The van der Waals surface area contributed by atoms with E-state index in [-0.39, 0.29) is 30.3 Å². The fraction of sp³-hybridized carbons (Fsp3) is 0.280. The van der Waals surface area contributed by atoms with E-state index in [1.807, 2.05) is 0 Å². The van der Waals surface area contributed by atoms with Crippen molar-refractivity contribution in [1.82, 2.24) is 5.32 Å². The number of carboxylic acids is 1. The Morgan fingerprint density at radius 1 is 1.10 bits per heavy atom. The van der Waals surface area contributed by atoms with Crippen molar-refractivity contribution in [3.63, 3.8) is 0 Å². The highest BCUT2D eigenvalue weighted by Crippen LogP contribution is 2.29. The lowest BCUT2D eigenvalue weighted by atomic mass is 9.83. The van der Waals surface area contributed by atoms with Crippen LogP contribution in [0.25, 0.3) is 0 Å². The summed E-state index contributed by atoms with van der Waals surface area (Å²) in [5.74, 6) is -1.79. The summed E-state index contributed by atoms with van der Waals surface area (Å²) in [6.45, 7) is 8.86. The van der Waals surface area contributed by atoms with Gasteiger partial charge in [-0.2, -0.15) is 0 Å². The van der Waals surface area contributed by atoms with E-state index in [0.29, 0.717) is 47.1 Å². The fourth-order valence-corrected chi connectivity index (χ4v) is 3.51. The molecule has 0 saturated carbocycles. The molecule has 0 spiro atoms. The molecule has 2 rings (SSSR count). The lowest BCUT2D eigenvalue weighted by molar-refractivity contribution is -0.141. The lowest BCUT2D eigenvalue weighted by Gasteiger charge is -2.19. The minimum Gasteiger partial charge on any atom is -0.480 e. The van der Waals surface area contributed by atoms with Gasteiger partial charge in [0, 0.05) is 35.1 Å². The molecule has 1 aromatic carbocycles. The topological polar surface area (TPSA) is 101 Å². The van der Waals surface area contributed by atoms with Crippen molar-refractivity contribution in [3.8, 4) is 0 Å². The fourth-order valence-electron chi connectivity index (χ4n) is 3.51. The average molecular weight is 421 g/mol. The van der Waals surface area contributed by atoms with Gasteiger partial charge in [0.05, 0.1) is 0 Å². The van der Waals surface area contributed by atoms with Gasteiger partial charge in [-0.25, -0.2) is 4.79 Å². The van der Waals surface area contributed by atoms with E-state index in [9.17, 15) is 24.3 Å². The zero-order valence-electron chi connectivity index (χ0n) is 17.6. The number of Topliss-reactive ketones (excluding diaryl/α,β-unsaturated/α-hetero) is 2. The van der Waals surface area contributed by atoms with Gasteiger partial charge in [-0.15, -0.1) is 0 Å². The van der Waals surface area contributed by atoms with Crippen LogP contribution in [-0.2, 0) is 9.59 Å². The molecular formula is C25H27NO5. The summed E-state index contributed by atoms with van der Waals surface area (Å²) >= 11 is 0. The summed E-state index contributed by atoms with van der Waals surface area (Å²) in [6, 6.07) is 5.71. The van der Waals surface area contributed by atoms with Crippen molar-refractivity contribution < 1.29 is 24.3 Å². The van der Waals surface area contributed by atoms with Crippen molar-refractivity contribution >= 4 is 23.4 Å². The predicted octanol–water partition coefficient (Wildman–Crippen LogP) is 4.20. The minimum atomic E-state index is -1.13. The Morgan fingerprint density at radius 2 is 1.74 bits per heavy atom. The Hall–Kier alpha value is -3.54. The molecule has 1 atom stereocenters. The van der Waals surface area contributed by atoms with E-state index >= 15 is 0 Å². The van der Waals surface area contributed by atoms with Crippen LogP contribution >= 0.6 is 0 Å². The number of carbonyl (C=O) groups is 4. The molecule has 6 heteroatoms. The number of unbranched alkanes of at least 4 members (excludes halogenated alkanes) is 1. The van der Waals surface area contributed by atoms with E-state index in [1.54, 1.807) is 37.3 Å². The SMILES string of the molecule is C=C/C=C(\C=C)C[C@H](NC(=O)CCCCC1=C(C)C(=O)c2ccccc2C1=O)C(=O)O. The number of hydrogen-bond donors (Lipinski definition) is 2. The van der Waals surface area contributed by atoms with Gasteiger partial charge in [0.15, 0.2) is 11.6 Å². The van der Waals surface area contributed by atoms with Gasteiger partial charge in [-0.05, 0) is 31.8 Å². The van der Waals surface area contributed by atoms with Gasteiger partial charge in [-0.3, -0.25) is 14.4 Å². The third-order valence-electron chi connectivity index (χ3n) is 5.23. The Balaban J connectivity index is 1.90. The maximum absolute atomic E-state index is 12.7. The van der Waals surface area contributed by atoms with Crippen molar-refractivity contribution in [2.45, 2.75) is 45.1 Å². The first kappa shape index (κ1) is 23.7. The zero-order valence-corrected chi connectivity index (χ0v) is 17.6. The van der Waals surface area contributed by atoms with Crippen molar-refractivity contribution in [1.29, 1.82) is 0 Å². The van der Waals surface area contributed by atoms with Crippen LogP contribution in [0.4, 0.5) is 0 Å². The molecule has 31 heavy (non-hydrogen) atoms. The van der Waals surface area contributed by atoms with Gasteiger partial charge in [0.1, 0.15) is 6.04 Å².